The standard InChI is InChI=1S/C18H25N5O3/c1-12-9-14-16(10-13(12)2)23(7-8-26-4)17(15(11-24)20-14)21-18(25)22(3)6-5-19/h9-11H,5-8,19H2,1-4H3. The first-order valence-corrected chi connectivity index (χ1v) is 8.38. The van der Waals surface area contributed by atoms with Gasteiger partial charge in [-0.25, -0.2) is 9.78 Å². The maximum Gasteiger partial charge on any atom is 0.345 e. The smallest absolute Gasteiger partial charge is 0.345 e. The molecule has 0 saturated carbocycles. The lowest BCUT2D eigenvalue weighted by Gasteiger charge is -2.16. The molecular formula is C18H25N5O3. The van der Waals surface area contributed by atoms with Gasteiger partial charge in [0.1, 0.15) is 5.69 Å². The van der Waals surface area contributed by atoms with Crippen LogP contribution in [-0.2, 0) is 11.3 Å². The average molecular weight is 359 g/mol. The summed E-state index contributed by atoms with van der Waals surface area (Å²) in [5.74, 6) is 0. The predicted octanol–water partition coefficient (Wildman–Crippen LogP) is 1.02. The number of likely N-dealkylation sites (N-methyl/N-ethyl adjacent to an activating group) is 1. The summed E-state index contributed by atoms with van der Waals surface area (Å²) in [4.78, 5) is 33.9. The Hall–Kier alpha value is -2.58. The molecule has 140 valence electrons. The van der Waals surface area contributed by atoms with E-state index in [4.69, 9.17) is 10.5 Å². The minimum atomic E-state index is -0.477. The normalized spacial score (nSPS) is 11.8. The van der Waals surface area contributed by atoms with Gasteiger partial charge in [-0.2, -0.15) is 4.99 Å². The summed E-state index contributed by atoms with van der Waals surface area (Å²) in [6.45, 7) is 5.53. The van der Waals surface area contributed by atoms with Crippen molar-refractivity contribution in [3.8, 4) is 0 Å². The number of urea groups is 1. The SMILES string of the molecule is COCCn1c(=NC(=O)N(C)CCN)c(C=O)nc2cc(C)c(C)cc21. The molecule has 8 nitrogen and oxygen atoms in total. The number of fused-ring (bicyclic) bond motifs is 1. The van der Waals surface area contributed by atoms with E-state index in [2.05, 4.69) is 9.98 Å². The van der Waals surface area contributed by atoms with Crippen LogP contribution in [0.5, 0.6) is 0 Å². The highest BCUT2D eigenvalue weighted by Crippen LogP contribution is 2.17. The zero-order valence-electron chi connectivity index (χ0n) is 15.7. The van der Waals surface area contributed by atoms with Crippen LogP contribution in [0.3, 0.4) is 0 Å². The van der Waals surface area contributed by atoms with Crippen molar-refractivity contribution >= 4 is 23.4 Å². The van der Waals surface area contributed by atoms with E-state index in [0.717, 1.165) is 16.6 Å². The quantitative estimate of drug-likeness (QED) is 0.776. The first-order chi connectivity index (χ1) is 12.4. The molecule has 0 saturated heterocycles. The molecule has 0 bridgehead atoms. The Bertz CT molecular complexity index is 889. The third-order valence-electron chi connectivity index (χ3n) is 4.23. The maximum absolute atomic E-state index is 12.4. The van der Waals surface area contributed by atoms with Gasteiger partial charge >= 0.3 is 6.03 Å². The number of carbonyl (C=O) groups is 2. The van der Waals surface area contributed by atoms with Gasteiger partial charge in [-0.3, -0.25) is 4.79 Å². The summed E-state index contributed by atoms with van der Waals surface area (Å²) >= 11 is 0. The molecule has 2 N–H and O–H groups in total. The second-order valence-electron chi connectivity index (χ2n) is 6.11. The number of aldehydes is 1. The Morgan fingerprint density at radius 2 is 2.08 bits per heavy atom. The Morgan fingerprint density at radius 3 is 2.69 bits per heavy atom. The largest absolute Gasteiger partial charge is 0.383 e. The van der Waals surface area contributed by atoms with Gasteiger partial charge in [0.15, 0.2) is 11.8 Å². The molecule has 0 aliphatic carbocycles. The van der Waals surface area contributed by atoms with Gasteiger partial charge in [0.2, 0.25) is 0 Å². The van der Waals surface area contributed by atoms with Crippen LogP contribution in [0.1, 0.15) is 21.6 Å². The number of hydrogen-bond donors (Lipinski definition) is 1. The van der Waals surface area contributed by atoms with Gasteiger partial charge < -0.3 is 19.9 Å². The Labute approximate surface area is 152 Å². The van der Waals surface area contributed by atoms with Crippen molar-refractivity contribution in [1.82, 2.24) is 14.5 Å². The summed E-state index contributed by atoms with van der Waals surface area (Å²) in [6, 6.07) is 3.43. The molecule has 2 aromatic rings. The van der Waals surface area contributed by atoms with Gasteiger partial charge in [-0.1, -0.05) is 0 Å². The van der Waals surface area contributed by atoms with Gasteiger partial charge in [-0.15, -0.1) is 0 Å². The van der Waals surface area contributed by atoms with E-state index >= 15 is 0 Å². The number of rotatable bonds is 6. The lowest BCUT2D eigenvalue weighted by atomic mass is 10.1. The van der Waals surface area contributed by atoms with Crippen LogP contribution < -0.4 is 11.2 Å². The number of hydrogen-bond acceptors (Lipinski definition) is 5. The fraction of sp³-hybridized carbons (Fsp3) is 0.444. The van der Waals surface area contributed by atoms with Crippen LogP contribution in [0.25, 0.3) is 11.0 Å². The van der Waals surface area contributed by atoms with Crippen molar-refractivity contribution in [2.24, 2.45) is 10.7 Å². The van der Waals surface area contributed by atoms with Crippen molar-refractivity contribution < 1.29 is 14.3 Å². The van der Waals surface area contributed by atoms with Gasteiger partial charge in [0.05, 0.1) is 17.6 Å². The van der Waals surface area contributed by atoms with E-state index in [0.29, 0.717) is 38.0 Å². The van der Waals surface area contributed by atoms with Crippen molar-refractivity contribution in [2.75, 3.05) is 33.9 Å². The summed E-state index contributed by atoms with van der Waals surface area (Å²) in [7, 11) is 3.21. The second-order valence-corrected chi connectivity index (χ2v) is 6.11. The van der Waals surface area contributed by atoms with E-state index < -0.39 is 6.03 Å². The Kier molecular flexibility index (Phi) is 6.59. The number of ether oxygens (including phenoxy) is 1. The van der Waals surface area contributed by atoms with E-state index in [1.807, 2.05) is 26.0 Å². The maximum atomic E-state index is 12.4. The molecule has 0 atom stereocenters. The van der Waals surface area contributed by atoms with Crippen molar-refractivity contribution in [2.45, 2.75) is 20.4 Å². The molecule has 0 unspecified atom stereocenters. The van der Waals surface area contributed by atoms with Gasteiger partial charge in [0, 0.05) is 33.8 Å². The highest BCUT2D eigenvalue weighted by molar-refractivity contribution is 5.82. The molecule has 0 fully saturated rings. The number of nitrogens with zero attached hydrogens (tertiary/aromatic N) is 4. The minimum absolute atomic E-state index is 0.117. The molecule has 0 radical (unpaired) electrons. The van der Waals surface area contributed by atoms with Crippen LogP contribution in [0.2, 0.25) is 0 Å². The fourth-order valence-corrected chi connectivity index (χ4v) is 2.59. The molecule has 0 aliphatic rings. The first-order valence-electron chi connectivity index (χ1n) is 8.38. The first kappa shape index (κ1) is 19.7. The molecule has 1 heterocycles. The number of methoxy groups -OCH3 is 1. The molecule has 1 aromatic heterocycles. The molecule has 0 spiro atoms. The highest BCUT2D eigenvalue weighted by Gasteiger charge is 2.13. The van der Waals surface area contributed by atoms with E-state index in [-0.39, 0.29) is 11.2 Å². The summed E-state index contributed by atoms with van der Waals surface area (Å²) in [5, 5.41) is 0. The van der Waals surface area contributed by atoms with Crippen molar-refractivity contribution in [1.29, 1.82) is 0 Å². The number of aromatic nitrogens is 2. The summed E-state index contributed by atoms with van der Waals surface area (Å²) < 4.78 is 6.99. The number of amides is 2. The average Bonchev–Trinajstić information content (AvgIpc) is 2.62. The Balaban J connectivity index is 2.79. The molecule has 2 rings (SSSR count). The third kappa shape index (κ3) is 4.14. The molecule has 1 aromatic carbocycles. The van der Waals surface area contributed by atoms with Crippen molar-refractivity contribution in [3.05, 3.63) is 34.4 Å². The molecule has 2 amide bonds. The Morgan fingerprint density at radius 1 is 1.38 bits per heavy atom. The molecule has 26 heavy (non-hydrogen) atoms. The highest BCUT2D eigenvalue weighted by atomic mass is 16.5. The molecule has 8 heteroatoms. The fourth-order valence-electron chi connectivity index (χ4n) is 2.59. The van der Waals surface area contributed by atoms with E-state index in [9.17, 15) is 9.59 Å². The van der Waals surface area contributed by atoms with Crippen LogP contribution >= 0.6 is 0 Å². The van der Waals surface area contributed by atoms with Crippen LogP contribution in [0.4, 0.5) is 4.79 Å². The topological polar surface area (TPSA) is 103 Å². The molecule has 0 aliphatic heterocycles. The van der Waals surface area contributed by atoms with Crippen molar-refractivity contribution in [3.63, 3.8) is 0 Å². The molecular weight excluding hydrogens is 334 g/mol. The summed E-state index contributed by atoms with van der Waals surface area (Å²) in [5.41, 5.74) is 9.46. The van der Waals surface area contributed by atoms with Crippen LogP contribution in [0.15, 0.2) is 17.1 Å². The lowest BCUT2D eigenvalue weighted by molar-refractivity contribution is 0.111. The lowest BCUT2D eigenvalue weighted by Crippen LogP contribution is -2.34. The second kappa shape index (κ2) is 8.68. The van der Waals surface area contributed by atoms with Gasteiger partial charge in [0.25, 0.3) is 0 Å². The van der Waals surface area contributed by atoms with Crippen LogP contribution in [0, 0.1) is 13.8 Å². The van der Waals surface area contributed by atoms with Crippen LogP contribution in [-0.4, -0.2) is 60.6 Å². The zero-order chi connectivity index (χ0) is 19.3. The number of carbonyl (C=O) groups excluding carboxylic acids is 2. The minimum Gasteiger partial charge on any atom is -0.383 e. The number of nitrogens with two attached hydrogens (primary N) is 1. The predicted molar refractivity (Wildman–Crippen MR) is 99.1 cm³/mol. The number of benzene rings is 1. The summed E-state index contributed by atoms with van der Waals surface area (Å²) in [6.07, 6.45) is 0.618. The van der Waals surface area contributed by atoms with Gasteiger partial charge in [-0.05, 0) is 37.1 Å². The zero-order valence-corrected chi connectivity index (χ0v) is 15.7. The monoisotopic (exact) mass is 359 g/mol. The number of aryl methyl sites for hydroxylation is 2. The third-order valence-corrected chi connectivity index (χ3v) is 4.23. The van der Waals surface area contributed by atoms with E-state index in [1.54, 1.807) is 18.7 Å². The van der Waals surface area contributed by atoms with E-state index in [1.165, 1.54) is 4.90 Å².